The van der Waals surface area contributed by atoms with Crippen LogP contribution in [0, 0.1) is 0 Å². The molecule has 0 radical (unpaired) electrons. The maximum absolute atomic E-state index is 11.3. The van der Waals surface area contributed by atoms with Crippen LogP contribution in [0.3, 0.4) is 0 Å². The van der Waals surface area contributed by atoms with Crippen molar-refractivity contribution < 1.29 is 28.5 Å². The zero-order valence-corrected chi connectivity index (χ0v) is 8.94. The zero-order chi connectivity index (χ0) is 11.8. The fourth-order valence-electron chi connectivity index (χ4n) is 3.19. The highest BCUT2D eigenvalue weighted by atomic mass is 16.8. The lowest BCUT2D eigenvalue weighted by molar-refractivity contribution is 0.0454. The standard InChI is InChI=1S/C11H8O6/c1-2-5-3-10-4-11(5)7(15-9(13)17-11)6(10)14-8(12)16-10/h2H,3-4H2,1H3/b5-2+. The molecule has 6 nitrogen and oxygen atoms in total. The minimum atomic E-state index is -0.901. The number of carbonyl (C=O) groups is 2. The first-order chi connectivity index (χ1) is 8.09. The first kappa shape index (κ1) is 9.09. The van der Waals surface area contributed by atoms with E-state index < -0.39 is 23.5 Å². The van der Waals surface area contributed by atoms with Crippen molar-refractivity contribution in [3.8, 4) is 0 Å². The van der Waals surface area contributed by atoms with Gasteiger partial charge in [0.1, 0.15) is 0 Å². The average molecular weight is 236 g/mol. The van der Waals surface area contributed by atoms with Crippen molar-refractivity contribution in [3.63, 3.8) is 0 Å². The van der Waals surface area contributed by atoms with E-state index in [1.807, 2.05) is 13.0 Å². The Balaban J connectivity index is 1.99. The van der Waals surface area contributed by atoms with Gasteiger partial charge in [0, 0.05) is 12.8 Å². The third-order valence-electron chi connectivity index (χ3n) is 3.77. The van der Waals surface area contributed by atoms with Crippen LogP contribution in [-0.4, -0.2) is 23.5 Å². The molecule has 4 aliphatic rings. The molecule has 88 valence electrons. The summed E-state index contributed by atoms with van der Waals surface area (Å²) < 4.78 is 20.5. The molecule has 0 aromatic heterocycles. The second-order valence-electron chi connectivity index (χ2n) is 4.56. The van der Waals surface area contributed by atoms with Crippen LogP contribution in [0.15, 0.2) is 23.2 Å². The molecule has 0 aromatic rings. The molecule has 0 N–H and O–H groups in total. The maximum Gasteiger partial charge on any atom is 0.515 e. The summed E-state index contributed by atoms with van der Waals surface area (Å²) >= 11 is 0. The second-order valence-corrected chi connectivity index (χ2v) is 4.56. The van der Waals surface area contributed by atoms with Gasteiger partial charge in [-0.3, -0.25) is 0 Å². The van der Waals surface area contributed by atoms with Gasteiger partial charge in [-0.05, 0) is 12.5 Å². The third kappa shape index (κ3) is 0.778. The quantitative estimate of drug-likeness (QED) is 0.471. The van der Waals surface area contributed by atoms with E-state index in [0.717, 1.165) is 5.57 Å². The highest BCUT2D eigenvalue weighted by Gasteiger charge is 2.75. The van der Waals surface area contributed by atoms with Gasteiger partial charge < -0.3 is 18.9 Å². The van der Waals surface area contributed by atoms with Crippen molar-refractivity contribution in [2.75, 3.05) is 0 Å². The van der Waals surface area contributed by atoms with Gasteiger partial charge in [0.15, 0.2) is 11.4 Å². The average Bonchev–Trinajstić information content (AvgIpc) is 2.88. The Bertz CT molecular complexity index is 544. The third-order valence-corrected chi connectivity index (χ3v) is 3.77. The molecule has 2 unspecified atom stereocenters. The van der Waals surface area contributed by atoms with Crippen molar-refractivity contribution in [2.24, 2.45) is 0 Å². The molecule has 3 fully saturated rings. The van der Waals surface area contributed by atoms with Gasteiger partial charge in [0.05, 0.1) is 0 Å². The van der Waals surface area contributed by atoms with Gasteiger partial charge in [-0.25, -0.2) is 9.59 Å². The molecule has 0 aromatic carbocycles. The lowest BCUT2D eigenvalue weighted by Gasteiger charge is -2.21. The molecule has 1 saturated carbocycles. The molecule has 2 saturated heterocycles. The van der Waals surface area contributed by atoms with E-state index in [-0.39, 0.29) is 5.76 Å². The SMILES string of the molecule is C/C=C1\CC23CC14OC(=O)OC4=C2OC(=O)O3. The first-order valence-corrected chi connectivity index (χ1v) is 5.32. The van der Waals surface area contributed by atoms with Crippen molar-refractivity contribution in [2.45, 2.75) is 31.0 Å². The predicted molar refractivity (Wildman–Crippen MR) is 50.6 cm³/mol. The van der Waals surface area contributed by atoms with Crippen LogP contribution >= 0.6 is 0 Å². The lowest BCUT2D eigenvalue weighted by Crippen LogP contribution is -2.27. The van der Waals surface area contributed by atoms with Crippen LogP contribution in [0.25, 0.3) is 0 Å². The van der Waals surface area contributed by atoms with E-state index in [9.17, 15) is 9.59 Å². The molecule has 6 heteroatoms. The molecule has 2 aliphatic carbocycles. The van der Waals surface area contributed by atoms with Gasteiger partial charge in [-0.15, -0.1) is 0 Å². The Morgan fingerprint density at radius 3 is 2.59 bits per heavy atom. The fourth-order valence-corrected chi connectivity index (χ4v) is 3.19. The normalized spacial score (nSPS) is 43.2. The Morgan fingerprint density at radius 1 is 1.12 bits per heavy atom. The van der Waals surface area contributed by atoms with Crippen LogP contribution in [0.2, 0.25) is 0 Å². The zero-order valence-electron chi connectivity index (χ0n) is 8.94. The number of rotatable bonds is 0. The molecule has 2 heterocycles. The van der Waals surface area contributed by atoms with E-state index in [1.165, 1.54) is 0 Å². The van der Waals surface area contributed by atoms with Crippen LogP contribution in [0.4, 0.5) is 9.59 Å². The Labute approximate surface area is 95.8 Å². The van der Waals surface area contributed by atoms with Crippen molar-refractivity contribution in [1.29, 1.82) is 0 Å². The van der Waals surface area contributed by atoms with Crippen LogP contribution in [0.1, 0.15) is 19.8 Å². The van der Waals surface area contributed by atoms with E-state index >= 15 is 0 Å². The number of allylic oxidation sites excluding steroid dienone is 1. The Hall–Kier alpha value is -1.98. The Kier molecular flexibility index (Phi) is 1.24. The molecule has 2 spiro atoms. The van der Waals surface area contributed by atoms with Gasteiger partial charge in [-0.2, -0.15) is 0 Å². The second kappa shape index (κ2) is 2.32. The number of hydrogen-bond acceptors (Lipinski definition) is 6. The fraction of sp³-hybridized carbons (Fsp3) is 0.455. The number of carbonyl (C=O) groups excluding carboxylic acids is 2. The van der Waals surface area contributed by atoms with Gasteiger partial charge in [0.2, 0.25) is 11.4 Å². The van der Waals surface area contributed by atoms with Gasteiger partial charge in [-0.1, -0.05) is 6.08 Å². The van der Waals surface area contributed by atoms with Gasteiger partial charge in [0.25, 0.3) is 0 Å². The molecular weight excluding hydrogens is 228 g/mol. The van der Waals surface area contributed by atoms with Crippen molar-refractivity contribution >= 4 is 12.3 Å². The summed E-state index contributed by atoms with van der Waals surface area (Å²) in [6.45, 7) is 1.85. The monoisotopic (exact) mass is 236 g/mol. The summed E-state index contributed by atoms with van der Waals surface area (Å²) in [5.41, 5.74) is -0.836. The van der Waals surface area contributed by atoms with E-state index in [0.29, 0.717) is 18.6 Å². The highest BCUT2D eigenvalue weighted by Crippen LogP contribution is 2.64. The first-order valence-electron chi connectivity index (χ1n) is 5.32. The van der Waals surface area contributed by atoms with Crippen molar-refractivity contribution in [1.82, 2.24) is 0 Å². The molecule has 2 atom stereocenters. The largest absolute Gasteiger partial charge is 0.515 e. The smallest absolute Gasteiger partial charge is 0.418 e. The summed E-state index contributed by atoms with van der Waals surface area (Å²) in [5, 5.41) is 0. The summed E-state index contributed by atoms with van der Waals surface area (Å²) in [6.07, 6.45) is 1.21. The Morgan fingerprint density at radius 2 is 1.82 bits per heavy atom. The van der Waals surface area contributed by atoms with E-state index in [4.69, 9.17) is 18.9 Å². The molecule has 2 aliphatic heterocycles. The summed E-state index contributed by atoms with van der Waals surface area (Å²) in [4.78, 5) is 22.5. The summed E-state index contributed by atoms with van der Waals surface area (Å²) in [5.74, 6) is 0.589. The minimum absolute atomic E-state index is 0.285. The minimum Gasteiger partial charge on any atom is -0.418 e. The molecule has 2 bridgehead atoms. The van der Waals surface area contributed by atoms with Gasteiger partial charge >= 0.3 is 12.3 Å². The van der Waals surface area contributed by atoms with Crippen molar-refractivity contribution in [3.05, 3.63) is 23.2 Å². The van der Waals surface area contributed by atoms with Crippen LogP contribution < -0.4 is 0 Å². The summed E-state index contributed by atoms with van der Waals surface area (Å²) in [7, 11) is 0. The molecular formula is C11H8O6. The van der Waals surface area contributed by atoms with E-state index in [1.54, 1.807) is 0 Å². The molecule has 4 rings (SSSR count). The molecule has 17 heavy (non-hydrogen) atoms. The number of ether oxygens (including phenoxy) is 4. The lowest BCUT2D eigenvalue weighted by atomic mass is 9.93. The summed E-state index contributed by atoms with van der Waals surface area (Å²) in [6, 6.07) is 0. The molecule has 0 amide bonds. The van der Waals surface area contributed by atoms with Crippen LogP contribution in [-0.2, 0) is 18.9 Å². The van der Waals surface area contributed by atoms with Crippen LogP contribution in [0.5, 0.6) is 0 Å². The van der Waals surface area contributed by atoms with E-state index in [2.05, 4.69) is 0 Å². The maximum atomic E-state index is 11.3. The topological polar surface area (TPSA) is 71.1 Å². The number of hydrogen-bond donors (Lipinski definition) is 0. The highest BCUT2D eigenvalue weighted by molar-refractivity contribution is 5.76. The predicted octanol–water partition coefficient (Wildman–Crippen LogP) is 1.76.